The van der Waals surface area contributed by atoms with E-state index in [1.807, 2.05) is 31.2 Å². The van der Waals surface area contributed by atoms with E-state index in [1.54, 1.807) is 11.3 Å². The Kier molecular flexibility index (Phi) is 5.74. The highest BCUT2D eigenvalue weighted by Gasteiger charge is 2.28. The van der Waals surface area contributed by atoms with Crippen LogP contribution in [0.2, 0.25) is 0 Å². The minimum absolute atomic E-state index is 0.140. The first-order valence-electron chi connectivity index (χ1n) is 10.3. The molecule has 0 atom stereocenters. The van der Waals surface area contributed by atoms with E-state index in [0.717, 1.165) is 12.0 Å². The Morgan fingerprint density at radius 2 is 1.80 bits per heavy atom. The highest BCUT2D eigenvalue weighted by molar-refractivity contribution is 7.11. The Morgan fingerprint density at radius 3 is 2.50 bits per heavy atom. The molecule has 1 aromatic heterocycles. The molecule has 0 saturated carbocycles. The van der Waals surface area contributed by atoms with Crippen molar-refractivity contribution in [2.45, 2.75) is 32.6 Å². The summed E-state index contributed by atoms with van der Waals surface area (Å²) in [6.07, 6.45) is 7.65. The summed E-state index contributed by atoms with van der Waals surface area (Å²) in [7, 11) is 0. The average molecular weight is 415 g/mol. The molecule has 3 aromatic rings. The van der Waals surface area contributed by atoms with Gasteiger partial charge in [-0.25, -0.2) is 4.79 Å². The monoisotopic (exact) mass is 414 g/mol. The van der Waals surface area contributed by atoms with Crippen LogP contribution >= 0.6 is 11.3 Å². The highest BCUT2D eigenvalue weighted by Crippen LogP contribution is 2.42. The molecule has 0 radical (unpaired) electrons. The van der Waals surface area contributed by atoms with Crippen molar-refractivity contribution >= 4 is 35.0 Å². The number of hydrogen-bond acceptors (Lipinski definition) is 3. The molecule has 3 heteroatoms. The van der Waals surface area contributed by atoms with E-state index in [-0.39, 0.29) is 11.4 Å². The number of fused-ring (bicyclic) bond motifs is 1. The Balaban J connectivity index is 1.62. The van der Waals surface area contributed by atoms with Crippen molar-refractivity contribution in [2.24, 2.45) is 0 Å². The third-order valence-corrected chi connectivity index (χ3v) is 6.46. The zero-order valence-corrected chi connectivity index (χ0v) is 18.5. The van der Waals surface area contributed by atoms with Crippen LogP contribution in [0.3, 0.4) is 0 Å². The molecule has 0 aliphatic heterocycles. The zero-order valence-electron chi connectivity index (χ0n) is 17.6. The van der Waals surface area contributed by atoms with Crippen LogP contribution in [0.5, 0.6) is 0 Å². The van der Waals surface area contributed by atoms with Crippen LogP contribution in [-0.2, 0) is 10.2 Å². The summed E-state index contributed by atoms with van der Waals surface area (Å²) in [6, 6.07) is 18.6. The number of thiophene rings is 1. The zero-order chi connectivity index (χ0) is 21.1. The van der Waals surface area contributed by atoms with Crippen molar-refractivity contribution in [2.75, 3.05) is 6.61 Å². The lowest BCUT2D eigenvalue weighted by Crippen LogP contribution is -2.21. The normalized spacial score (nSPS) is 15.0. The SMILES string of the molecule is CCOC(=O)c1ccc(/C=C/c2ccc3c(c2)C(c2cccs2)=CCC3(C)C)cc1. The predicted octanol–water partition coefficient (Wildman–Crippen LogP) is 7.21. The fourth-order valence-electron chi connectivity index (χ4n) is 3.86. The maximum Gasteiger partial charge on any atom is 0.338 e. The number of ether oxygens (including phenoxy) is 1. The van der Waals surface area contributed by atoms with E-state index in [2.05, 4.69) is 67.8 Å². The lowest BCUT2D eigenvalue weighted by atomic mass is 9.73. The Labute approximate surface area is 182 Å². The van der Waals surface area contributed by atoms with Crippen molar-refractivity contribution in [3.8, 4) is 0 Å². The van der Waals surface area contributed by atoms with E-state index >= 15 is 0 Å². The molecular formula is C27H26O2S. The van der Waals surface area contributed by atoms with Gasteiger partial charge in [0.2, 0.25) is 0 Å². The number of hydrogen-bond donors (Lipinski definition) is 0. The van der Waals surface area contributed by atoms with Crippen molar-refractivity contribution in [3.63, 3.8) is 0 Å². The van der Waals surface area contributed by atoms with Gasteiger partial charge in [-0.3, -0.25) is 0 Å². The van der Waals surface area contributed by atoms with Crippen molar-refractivity contribution < 1.29 is 9.53 Å². The molecule has 152 valence electrons. The largest absolute Gasteiger partial charge is 0.462 e. The fraction of sp³-hybridized carbons (Fsp3) is 0.222. The van der Waals surface area contributed by atoms with Gasteiger partial charge < -0.3 is 4.74 Å². The second kappa shape index (κ2) is 8.45. The van der Waals surface area contributed by atoms with Gasteiger partial charge in [0.1, 0.15) is 0 Å². The van der Waals surface area contributed by atoms with Gasteiger partial charge in [-0.2, -0.15) is 0 Å². The topological polar surface area (TPSA) is 26.3 Å². The van der Waals surface area contributed by atoms with Crippen molar-refractivity contribution in [3.05, 3.63) is 98.7 Å². The van der Waals surface area contributed by atoms with E-state index in [9.17, 15) is 4.79 Å². The first-order chi connectivity index (χ1) is 14.5. The molecule has 0 bridgehead atoms. The molecule has 0 N–H and O–H groups in total. The smallest absolute Gasteiger partial charge is 0.338 e. The minimum atomic E-state index is -0.279. The number of carbonyl (C=O) groups is 1. The van der Waals surface area contributed by atoms with E-state index in [1.165, 1.54) is 27.1 Å². The number of esters is 1. The standard InChI is InChI=1S/C27H26O2S/c1-4-29-26(28)21-12-9-19(10-13-21)7-8-20-11-14-24-23(18-20)22(15-16-27(24,2)3)25-6-5-17-30-25/h5-15,17-18H,4,16H2,1-3H3/b8-7+. The number of benzene rings is 2. The molecule has 4 rings (SSSR count). The van der Waals surface area contributed by atoms with Crippen LogP contribution in [0, 0.1) is 0 Å². The van der Waals surface area contributed by atoms with Gasteiger partial charge in [-0.15, -0.1) is 11.3 Å². The van der Waals surface area contributed by atoms with E-state index < -0.39 is 0 Å². The summed E-state index contributed by atoms with van der Waals surface area (Å²) in [5.41, 5.74) is 7.02. The molecule has 1 aliphatic rings. The Bertz CT molecular complexity index is 1100. The number of allylic oxidation sites excluding steroid dienone is 1. The van der Waals surface area contributed by atoms with Gasteiger partial charge in [0.05, 0.1) is 12.2 Å². The summed E-state index contributed by atoms with van der Waals surface area (Å²) in [5, 5.41) is 2.14. The van der Waals surface area contributed by atoms with Crippen molar-refractivity contribution in [1.82, 2.24) is 0 Å². The molecule has 2 nitrogen and oxygen atoms in total. The first kappa shape index (κ1) is 20.4. The van der Waals surface area contributed by atoms with Gasteiger partial charge in [-0.05, 0) is 76.2 Å². The molecule has 0 fully saturated rings. The number of rotatable bonds is 5. The van der Waals surface area contributed by atoms with Crippen LogP contribution in [0.15, 0.2) is 66.1 Å². The molecular weight excluding hydrogens is 388 g/mol. The molecule has 1 aliphatic carbocycles. The van der Waals surface area contributed by atoms with Crippen LogP contribution < -0.4 is 0 Å². The van der Waals surface area contributed by atoms with Gasteiger partial charge >= 0.3 is 5.97 Å². The van der Waals surface area contributed by atoms with Crippen molar-refractivity contribution in [1.29, 1.82) is 0 Å². The highest BCUT2D eigenvalue weighted by atomic mass is 32.1. The molecule has 0 spiro atoms. The van der Waals surface area contributed by atoms with Gasteiger partial charge in [-0.1, -0.05) is 62.4 Å². The van der Waals surface area contributed by atoms with E-state index in [0.29, 0.717) is 12.2 Å². The van der Waals surface area contributed by atoms with Crippen LogP contribution in [0.25, 0.3) is 17.7 Å². The summed E-state index contributed by atoms with van der Waals surface area (Å²) in [4.78, 5) is 13.1. The predicted molar refractivity (Wildman–Crippen MR) is 127 cm³/mol. The summed E-state index contributed by atoms with van der Waals surface area (Å²) in [5.74, 6) is -0.279. The van der Waals surface area contributed by atoms with Crippen LogP contribution in [0.1, 0.15) is 64.7 Å². The maximum atomic E-state index is 11.8. The molecule has 0 unspecified atom stereocenters. The van der Waals surface area contributed by atoms with Gasteiger partial charge in [0, 0.05) is 4.88 Å². The second-order valence-corrected chi connectivity index (χ2v) is 9.11. The van der Waals surface area contributed by atoms with Gasteiger partial charge in [0.25, 0.3) is 0 Å². The van der Waals surface area contributed by atoms with E-state index in [4.69, 9.17) is 4.74 Å². The summed E-state index contributed by atoms with van der Waals surface area (Å²) >= 11 is 1.79. The summed E-state index contributed by atoms with van der Waals surface area (Å²) in [6.45, 7) is 6.83. The lowest BCUT2D eigenvalue weighted by Gasteiger charge is -2.32. The molecule has 30 heavy (non-hydrogen) atoms. The molecule has 0 amide bonds. The lowest BCUT2D eigenvalue weighted by molar-refractivity contribution is 0.0526. The quantitative estimate of drug-likeness (QED) is 0.326. The number of carbonyl (C=O) groups excluding carboxylic acids is 1. The average Bonchev–Trinajstić information content (AvgIpc) is 3.27. The second-order valence-electron chi connectivity index (χ2n) is 8.16. The first-order valence-corrected chi connectivity index (χ1v) is 11.2. The third-order valence-electron chi connectivity index (χ3n) is 5.56. The molecule has 2 aromatic carbocycles. The third kappa shape index (κ3) is 4.17. The molecule has 1 heterocycles. The fourth-order valence-corrected chi connectivity index (χ4v) is 4.64. The maximum absolute atomic E-state index is 11.8. The Hall–Kier alpha value is -2.91. The van der Waals surface area contributed by atoms with Crippen LogP contribution in [0.4, 0.5) is 0 Å². The summed E-state index contributed by atoms with van der Waals surface area (Å²) < 4.78 is 5.05. The van der Waals surface area contributed by atoms with Gasteiger partial charge in [0.15, 0.2) is 0 Å². The Morgan fingerprint density at radius 1 is 1.07 bits per heavy atom. The van der Waals surface area contributed by atoms with Crippen LogP contribution in [-0.4, -0.2) is 12.6 Å². The minimum Gasteiger partial charge on any atom is -0.462 e. The molecule has 0 saturated heterocycles.